The quantitative estimate of drug-likeness (QED) is 0.236. The van der Waals surface area contributed by atoms with Crippen LogP contribution in [0.5, 0.6) is 5.75 Å². The van der Waals surface area contributed by atoms with Gasteiger partial charge in [0, 0.05) is 18.8 Å². The predicted molar refractivity (Wildman–Crippen MR) is 132 cm³/mol. The summed E-state index contributed by atoms with van der Waals surface area (Å²) in [6, 6.07) is 26.9. The van der Waals surface area contributed by atoms with Crippen molar-refractivity contribution in [1.29, 1.82) is 0 Å². The molecule has 0 spiro atoms. The molecule has 6 rings (SSSR count). The number of carbonyl (C=O) groups is 3. The fraction of sp³-hybridized carbons (Fsp3) is 0.167. The molecule has 1 heterocycles. The van der Waals surface area contributed by atoms with E-state index in [4.69, 9.17) is 4.74 Å². The number of ether oxygens (including phenoxy) is 1. The normalized spacial score (nSPS) is 24.1. The number of amides is 2. The number of allylic oxidation sites excluding steroid dienone is 3. The second-order valence-electron chi connectivity index (χ2n) is 9.15. The molecule has 1 saturated heterocycles. The van der Waals surface area contributed by atoms with Gasteiger partial charge in [0.1, 0.15) is 5.75 Å². The average molecular weight is 462 g/mol. The molecule has 5 heteroatoms. The van der Waals surface area contributed by atoms with Gasteiger partial charge in [-0.3, -0.25) is 14.4 Å². The van der Waals surface area contributed by atoms with Crippen molar-refractivity contribution in [2.24, 2.45) is 23.7 Å². The Morgan fingerprint density at radius 2 is 1.20 bits per heavy atom. The van der Waals surface area contributed by atoms with Gasteiger partial charge in [-0.2, -0.15) is 0 Å². The lowest BCUT2D eigenvalue weighted by molar-refractivity contribution is -0.132. The molecular formula is C30H23NO4. The number of imide groups is 1. The van der Waals surface area contributed by atoms with Gasteiger partial charge < -0.3 is 4.74 Å². The number of hydrogen-bond acceptors (Lipinski definition) is 4. The number of hydrogen-bond donors (Lipinski definition) is 0. The summed E-state index contributed by atoms with van der Waals surface area (Å²) in [4.78, 5) is 39.8. The Hall–Kier alpha value is -4.25. The maximum atomic E-state index is 13.7. The molecule has 35 heavy (non-hydrogen) atoms. The summed E-state index contributed by atoms with van der Waals surface area (Å²) in [5, 5.41) is 0. The summed E-state index contributed by atoms with van der Waals surface area (Å²) in [6.07, 6.45) is 4.21. The molecule has 3 aromatic carbocycles. The molecule has 4 atom stereocenters. The van der Waals surface area contributed by atoms with E-state index < -0.39 is 17.8 Å². The summed E-state index contributed by atoms with van der Waals surface area (Å²) in [7, 11) is 0. The third-order valence-electron chi connectivity index (χ3n) is 7.19. The number of nitrogens with zero attached hydrogens (tertiary/aromatic N) is 1. The third-order valence-corrected chi connectivity index (χ3v) is 7.19. The maximum Gasteiger partial charge on any atom is 0.308 e. The van der Waals surface area contributed by atoms with Crippen LogP contribution in [0.2, 0.25) is 0 Å². The van der Waals surface area contributed by atoms with Crippen LogP contribution < -0.4 is 9.64 Å². The number of carbonyl (C=O) groups excluding carboxylic acids is 3. The van der Waals surface area contributed by atoms with Crippen LogP contribution in [0.3, 0.4) is 0 Å². The minimum Gasteiger partial charge on any atom is -0.427 e. The minimum atomic E-state index is -0.421. The van der Waals surface area contributed by atoms with Gasteiger partial charge in [-0.25, -0.2) is 4.90 Å². The SMILES string of the molecule is CC(=O)Oc1ccc(N2C(=O)[C@@H]3[C@H](C2=O)[C@H]2C=C[C@H]3C2=C(c2ccccc2)c2ccccc2)cc1. The van der Waals surface area contributed by atoms with Gasteiger partial charge >= 0.3 is 5.97 Å². The molecule has 2 aliphatic carbocycles. The third kappa shape index (κ3) is 3.35. The van der Waals surface area contributed by atoms with E-state index in [9.17, 15) is 14.4 Å². The van der Waals surface area contributed by atoms with Gasteiger partial charge in [-0.1, -0.05) is 72.8 Å². The molecule has 2 amide bonds. The molecule has 0 radical (unpaired) electrons. The van der Waals surface area contributed by atoms with Gasteiger partial charge in [0.2, 0.25) is 11.8 Å². The molecule has 0 N–H and O–H groups in total. The molecule has 1 saturated carbocycles. The van der Waals surface area contributed by atoms with Gasteiger partial charge in [0.15, 0.2) is 0 Å². The number of esters is 1. The van der Waals surface area contributed by atoms with Gasteiger partial charge in [0.25, 0.3) is 0 Å². The van der Waals surface area contributed by atoms with Crippen LogP contribution in [0, 0.1) is 23.7 Å². The van der Waals surface area contributed by atoms with Crippen molar-refractivity contribution < 1.29 is 19.1 Å². The monoisotopic (exact) mass is 461 g/mol. The first-order valence-corrected chi connectivity index (χ1v) is 11.7. The van der Waals surface area contributed by atoms with Gasteiger partial charge in [0.05, 0.1) is 17.5 Å². The number of anilines is 1. The van der Waals surface area contributed by atoms with Gasteiger partial charge in [-0.05, 0) is 46.5 Å². The van der Waals surface area contributed by atoms with E-state index >= 15 is 0 Å². The summed E-state index contributed by atoms with van der Waals surface area (Å²) in [5.41, 5.74) is 4.94. The largest absolute Gasteiger partial charge is 0.427 e. The number of benzene rings is 3. The molecular weight excluding hydrogens is 438 g/mol. The molecule has 0 unspecified atom stereocenters. The zero-order valence-electron chi connectivity index (χ0n) is 19.1. The lowest BCUT2D eigenvalue weighted by Crippen LogP contribution is -2.33. The highest BCUT2D eigenvalue weighted by Gasteiger charge is 2.62. The van der Waals surface area contributed by atoms with Crippen LogP contribution in [-0.2, 0) is 14.4 Å². The molecule has 2 bridgehead atoms. The Morgan fingerprint density at radius 1 is 0.714 bits per heavy atom. The zero-order valence-corrected chi connectivity index (χ0v) is 19.1. The summed E-state index contributed by atoms with van der Waals surface area (Å²) < 4.78 is 5.09. The first kappa shape index (κ1) is 21.3. The predicted octanol–water partition coefficient (Wildman–Crippen LogP) is 5.04. The first-order chi connectivity index (χ1) is 17.0. The van der Waals surface area contributed by atoms with E-state index in [0.717, 1.165) is 22.3 Å². The van der Waals surface area contributed by atoms with E-state index in [1.165, 1.54) is 11.8 Å². The standard InChI is InChI=1S/C30H23NO4/c1-18(32)35-22-14-12-21(13-15-22)31-29(33)27-23-16-17-24(28(27)30(31)34)26(23)25(19-8-4-2-5-9-19)20-10-6-3-7-11-20/h2-17,23-24,27-28H,1H3/t23-,24-,27-,28+/m0/s1. The topological polar surface area (TPSA) is 63.7 Å². The minimum absolute atomic E-state index is 0.123. The Kier molecular flexibility index (Phi) is 4.99. The summed E-state index contributed by atoms with van der Waals surface area (Å²) in [5.74, 6) is -1.46. The molecule has 0 aromatic heterocycles. The molecule has 3 aliphatic rings. The highest BCUT2D eigenvalue weighted by Crippen LogP contribution is 2.58. The van der Waals surface area contributed by atoms with Crippen LogP contribution in [0.1, 0.15) is 18.1 Å². The molecule has 1 aliphatic heterocycles. The fourth-order valence-electron chi connectivity index (χ4n) is 5.89. The molecule has 3 aromatic rings. The van der Waals surface area contributed by atoms with Crippen molar-refractivity contribution >= 4 is 29.0 Å². The lowest BCUT2D eigenvalue weighted by Gasteiger charge is -2.21. The second-order valence-corrected chi connectivity index (χ2v) is 9.15. The number of rotatable bonds is 4. The van der Waals surface area contributed by atoms with Crippen molar-refractivity contribution in [1.82, 2.24) is 0 Å². The first-order valence-electron chi connectivity index (χ1n) is 11.7. The smallest absolute Gasteiger partial charge is 0.308 e. The van der Waals surface area contributed by atoms with Crippen molar-refractivity contribution in [2.75, 3.05) is 4.90 Å². The molecule has 2 fully saturated rings. The second kappa shape index (κ2) is 8.20. The Labute approximate surface area is 203 Å². The van der Waals surface area contributed by atoms with Gasteiger partial charge in [-0.15, -0.1) is 0 Å². The van der Waals surface area contributed by atoms with Crippen LogP contribution in [-0.4, -0.2) is 17.8 Å². The van der Waals surface area contributed by atoms with Crippen LogP contribution >= 0.6 is 0 Å². The summed E-state index contributed by atoms with van der Waals surface area (Å²) in [6.45, 7) is 1.33. The van der Waals surface area contributed by atoms with Crippen LogP contribution in [0.4, 0.5) is 5.69 Å². The highest BCUT2D eigenvalue weighted by molar-refractivity contribution is 6.23. The Balaban J connectivity index is 1.41. The van der Waals surface area contributed by atoms with Crippen molar-refractivity contribution in [3.8, 4) is 5.75 Å². The average Bonchev–Trinajstić information content (AvgIpc) is 3.50. The van der Waals surface area contributed by atoms with Crippen molar-refractivity contribution in [3.63, 3.8) is 0 Å². The Morgan fingerprint density at radius 3 is 1.66 bits per heavy atom. The summed E-state index contributed by atoms with van der Waals surface area (Å²) >= 11 is 0. The number of fused-ring (bicyclic) bond motifs is 5. The lowest BCUT2D eigenvalue weighted by atomic mass is 9.85. The highest BCUT2D eigenvalue weighted by atomic mass is 16.5. The van der Waals surface area contributed by atoms with E-state index in [0.29, 0.717) is 11.4 Å². The van der Waals surface area contributed by atoms with Crippen LogP contribution in [0.25, 0.3) is 5.57 Å². The van der Waals surface area contributed by atoms with E-state index in [1.807, 2.05) is 36.4 Å². The molecule has 5 nitrogen and oxygen atoms in total. The van der Waals surface area contributed by atoms with E-state index in [1.54, 1.807) is 24.3 Å². The van der Waals surface area contributed by atoms with E-state index in [-0.39, 0.29) is 23.7 Å². The zero-order chi connectivity index (χ0) is 24.1. The fourth-order valence-corrected chi connectivity index (χ4v) is 5.89. The van der Waals surface area contributed by atoms with Crippen molar-refractivity contribution in [2.45, 2.75) is 6.92 Å². The van der Waals surface area contributed by atoms with Crippen LogP contribution in [0.15, 0.2) is 103 Å². The van der Waals surface area contributed by atoms with E-state index in [2.05, 4.69) is 36.4 Å². The molecule has 172 valence electrons. The maximum absolute atomic E-state index is 13.7. The Bertz CT molecular complexity index is 1310. The van der Waals surface area contributed by atoms with Crippen molar-refractivity contribution in [3.05, 3.63) is 114 Å².